The molecule has 4 nitrogen and oxygen atoms in total. The topological polar surface area (TPSA) is 66.6 Å². The van der Waals surface area contributed by atoms with Gasteiger partial charge in [0.05, 0.1) is 6.10 Å². The van der Waals surface area contributed by atoms with Gasteiger partial charge >= 0.3 is 0 Å². The molecule has 0 aromatic rings. The summed E-state index contributed by atoms with van der Waals surface area (Å²) in [7, 11) is 0. The van der Waals surface area contributed by atoms with E-state index in [4.69, 9.17) is 5.73 Å². The van der Waals surface area contributed by atoms with Crippen LogP contribution in [0.5, 0.6) is 0 Å². The fourth-order valence-electron chi connectivity index (χ4n) is 1.90. The maximum Gasteiger partial charge on any atom is 0.222 e. The number of hydrogen-bond acceptors (Lipinski definition) is 3. The molecular formula is C11H22N2O2. The maximum atomic E-state index is 11.6. The summed E-state index contributed by atoms with van der Waals surface area (Å²) in [4.78, 5) is 13.4. The molecule has 0 aliphatic carbocycles. The van der Waals surface area contributed by atoms with Crippen LogP contribution in [0, 0.1) is 0 Å². The van der Waals surface area contributed by atoms with Gasteiger partial charge in [-0.15, -0.1) is 0 Å². The summed E-state index contributed by atoms with van der Waals surface area (Å²) in [5, 5.41) is 9.28. The van der Waals surface area contributed by atoms with Gasteiger partial charge in [-0.05, 0) is 25.8 Å². The van der Waals surface area contributed by atoms with Crippen molar-refractivity contribution in [2.24, 2.45) is 5.73 Å². The van der Waals surface area contributed by atoms with Crippen LogP contribution in [-0.4, -0.2) is 41.7 Å². The van der Waals surface area contributed by atoms with E-state index in [1.165, 1.54) is 0 Å². The first-order chi connectivity index (χ1) is 7.24. The lowest BCUT2D eigenvalue weighted by molar-refractivity contribution is -0.130. The highest BCUT2D eigenvalue weighted by molar-refractivity contribution is 5.76. The first kappa shape index (κ1) is 12.5. The second kappa shape index (κ2) is 6.80. The van der Waals surface area contributed by atoms with Gasteiger partial charge in [-0.25, -0.2) is 0 Å². The molecule has 3 N–H and O–H groups in total. The Morgan fingerprint density at radius 1 is 1.33 bits per heavy atom. The third-order valence-electron chi connectivity index (χ3n) is 2.86. The molecule has 0 bridgehead atoms. The molecule has 15 heavy (non-hydrogen) atoms. The Balaban J connectivity index is 2.03. The first-order valence-corrected chi connectivity index (χ1v) is 5.90. The second-order valence-electron chi connectivity index (χ2n) is 4.24. The Hall–Kier alpha value is -0.610. The number of amides is 1. The molecule has 1 aliphatic heterocycles. The minimum absolute atomic E-state index is 0.194. The molecule has 1 heterocycles. The number of rotatable bonds is 6. The number of aliphatic hydroxyl groups excluding tert-OH is 1. The number of hydrogen-bond donors (Lipinski definition) is 2. The third kappa shape index (κ3) is 4.62. The van der Waals surface area contributed by atoms with Gasteiger partial charge < -0.3 is 15.7 Å². The van der Waals surface area contributed by atoms with Gasteiger partial charge in [0.1, 0.15) is 0 Å². The van der Waals surface area contributed by atoms with Crippen molar-refractivity contribution < 1.29 is 9.90 Å². The Labute approximate surface area is 91.4 Å². The number of β-amino-alcohol motifs (C(OH)–C–C–N with tert-alkyl or cyclic N) is 1. The zero-order chi connectivity index (χ0) is 11.1. The van der Waals surface area contributed by atoms with Crippen LogP contribution in [0.3, 0.4) is 0 Å². The molecular weight excluding hydrogens is 192 g/mol. The molecule has 0 aromatic heterocycles. The third-order valence-corrected chi connectivity index (χ3v) is 2.86. The predicted octanol–water partition coefficient (Wildman–Crippen LogP) is 0.489. The Morgan fingerprint density at radius 2 is 2.07 bits per heavy atom. The Bertz CT molecular complexity index is 197. The first-order valence-electron chi connectivity index (χ1n) is 5.90. The van der Waals surface area contributed by atoms with Crippen molar-refractivity contribution in [3.63, 3.8) is 0 Å². The summed E-state index contributed by atoms with van der Waals surface area (Å²) in [5.74, 6) is 0.194. The van der Waals surface area contributed by atoms with Crippen LogP contribution in [-0.2, 0) is 4.79 Å². The van der Waals surface area contributed by atoms with Crippen molar-refractivity contribution in [2.45, 2.75) is 44.6 Å². The molecule has 4 heteroatoms. The molecule has 1 unspecified atom stereocenters. The van der Waals surface area contributed by atoms with Crippen LogP contribution >= 0.6 is 0 Å². The second-order valence-corrected chi connectivity index (χ2v) is 4.24. The summed E-state index contributed by atoms with van der Waals surface area (Å²) in [6.07, 6.45) is 5.26. The summed E-state index contributed by atoms with van der Waals surface area (Å²) in [6.45, 7) is 2.00. The molecule has 0 aromatic carbocycles. The van der Waals surface area contributed by atoms with Gasteiger partial charge in [0.15, 0.2) is 0 Å². The normalized spacial score (nSPS) is 20.9. The van der Waals surface area contributed by atoms with Crippen LogP contribution in [0.2, 0.25) is 0 Å². The number of aliphatic hydroxyl groups is 1. The van der Waals surface area contributed by atoms with Crippen LogP contribution < -0.4 is 5.73 Å². The van der Waals surface area contributed by atoms with Crippen LogP contribution in [0.1, 0.15) is 38.5 Å². The number of unbranched alkanes of at least 4 members (excludes halogenated alkanes) is 3. The van der Waals surface area contributed by atoms with E-state index in [-0.39, 0.29) is 12.0 Å². The lowest BCUT2D eigenvalue weighted by Crippen LogP contribution is -2.29. The van der Waals surface area contributed by atoms with Gasteiger partial charge in [-0.1, -0.05) is 12.8 Å². The van der Waals surface area contributed by atoms with E-state index in [2.05, 4.69) is 0 Å². The van der Waals surface area contributed by atoms with Crippen molar-refractivity contribution in [1.82, 2.24) is 4.90 Å². The van der Waals surface area contributed by atoms with E-state index in [1.54, 1.807) is 4.90 Å². The maximum absolute atomic E-state index is 11.6. The van der Waals surface area contributed by atoms with Crippen molar-refractivity contribution in [2.75, 3.05) is 19.6 Å². The quantitative estimate of drug-likeness (QED) is 0.632. The Kier molecular flexibility index (Phi) is 5.65. The van der Waals surface area contributed by atoms with Crippen molar-refractivity contribution in [3.05, 3.63) is 0 Å². The zero-order valence-electron chi connectivity index (χ0n) is 9.32. The fourth-order valence-corrected chi connectivity index (χ4v) is 1.90. The lowest BCUT2D eigenvalue weighted by Gasteiger charge is -2.15. The monoisotopic (exact) mass is 214 g/mol. The zero-order valence-corrected chi connectivity index (χ0v) is 9.32. The molecule has 0 spiro atoms. The number of carbonyl (C=O) groups is 1. The fraction of sp³-hybridized carbons (Fsp3) is 0.909. The average Bonchev–Trinajstić information content (AvgIpc) is 2.64. The van der Waals surface area contributed by atoms with Gasteiger partial charge in [0.25, 0.3) is 0 Å². The van der Waals surface area contributed by atoms with E-state index in [0.29, 0.717) is 13.0 Å². The van der Waals surface area contributed by atoms with E-state index in [9.17, 15) is 9.90 Å². The molecule has 0 radical (unpaired) electrons. The lowest BCUT2D eigenvalue weighted by atomic mass is 10.1. The minimum Gasteiger partial charge on any atom is -0.391 e. The van der Waals surface area contributed by atoms with Gasteiger partial charge in [-0.2, -0.15) is 0 Å². The van der Waals surface area contributed by atoms with Gasteiger partial charge in [0, 0.05) is 19.5 Å². The summed E-state index contributed by atoms with van der Waals surface area (Å²) >= 11 is 0. The average molecular weight is 214 g/mol. The van der Waals surface area contributed by atoms with Crippen molar-refractivity contribution in [1.29, 1.82) is 0 Å². The standard InChI is InChI=1S/C11H22N2O2/c12-7-4-2-1-3-5-11(15)13-8-6-10(14)9-13/h10,14H,1-9,12H2. The van der Waals surface area contributed by atoms with Crippen molar-refractivity contribution >= 4 is 5.91 Å². The van der Waals surface area contributed by atoms with Crippen LogP contribution in [0.4, 0.5) is 0 Å². The van der Waals surface area contributed by atoms with E-state index in [0.717, 1.165) is 45.2 Å². The molecule has 1 fully saturated rings. The number of likely N-dealkylation sites (tertiary alicyclic amines) is 1. The van der Waals surface area contributed by atoms with E-state index >= 15 is 0 Å². The highest BCUT2D eigenvalue weighted by Crippen LogP contribution is 2.12. The summed E-state index contributed by atoms with van der Waals surface area (Å²) < 4.78 is 0. The van der Waals surface area contributed by atoms with E-state index < -0.39 is 0 Å². The molecule has 0 saturated carbocycles. The molecule has 1 amide bonds. The number of carbonyl (C=O) groups excluding carboxylic acids is 1. The highest BCUT2D eigenvalue weighted by atomic mass is 16.3. The molecule has 1 aliphatic rings. The molecule has 1 rings (SSSR count). The SMILES string of the molecule is NCCCCCCC(=O)N1CCC(O)C1. The summed E-state index contributed by atoms with van der Waals surface area (Å²) in [5.41, 5.74) is 5.38. The van der Waals surface area contributed by atoms with Crippen molar-refractivity contribution in [3.8, 4) is 0 Å². The number of nitrogens with zero attached hydrogens (tertiary/aromatic N) is 1. The smallest absolute Gasteiger partial charge is 0.222 e. The predicted molar refractivity (Wildman–Crippen MR) is 59.3 cm³/mol. The van der Waals surface area contributed by atoms with Gasteiger partial charge in [-0.3, -0.25) is 4.79 Å². The largest absolute Gasteiger partial charge is 0.391 e. The summed E-state index contributed by atoms with van der Waals surface area (Å²) in [6, 6.07) is 0. The van der Waals surface area contributed by atoms with E-state index in [1.807, 2.05) is 0 Å². The molecule has 1 saturated heterocycles. The molecule has 1 atom stereocenters. The Morgan fingerprint density at radius 3 is 2.67 bits per heavy atom. The van der Waals surface area contributed by atoms with Gasteiger partial charge in [0.2, 0.25) is 5.91 Å². The minimum atomic E-state index is -0.300. The molecule has 88 valence electrons. The highest BCUT2D eigenvalue weighted by Gasteiger charge is 2.23. The number of nitrogens with two attached hydrogens (primary N) is 1. The van der Waals surface area contributed by atoms with Crippen LogP contribution in [0.15, 0.2) is 0 Å². The van der Waals surface area contributed by atoms with Crippen LogP contribution in [0.25, 0.3) is 0 Å².